The maximum atomic E-state index is 13.6. The molecule has 1 atom stereocenters. The zero-order chi connectivity index (χ0) is 15.4. The fourth-order valence-electron chi connectivity index (χ4n) is 1.89. The van der Waals surface area contributed by atoms with Crippen LogP contribution in [0.2, 0.25) is 0 Å². The monoisotopic (exact) mass is 299 g/mol. The average Bonchev–Trinajstić information content (AvgIpc) is 2.90. The standard InChI is InChI=1S/C14H16F3N3O/c1-3-20-8-10(7-18-20)9(2)19-11-4-5-13(12(15)6-11)21-14(16)17/h4-9,14,19H,3H2,1-2H3. The lowest BCUT2D eigenvalue weighted by atomic mass is 10.2. The number of aromatic nitrogens is 2. The van der Waals surface area contributed by atoms with Crippen LogP contribution in [0.1, 0.15) is 25.5 Å². The van der Waals surface area contributed by atoms with Crippen molar-refractivity contribution in [2.24, 2.45) is 0 Å². The van der Waals surface area contributed by atoms with Gasteiger partial charge in [-0.25, -0.2) is 4.39 Å². The van der Waals surface area contributed by atoms with Gasteiger partial charge < -0.3 is 10.1 Å². The van der Waals surface area contributed by atoms with Gasteiger partial charge in [0.2, 0.25) is 0 Å². The Morgan fingerprint density at radius 2 is 2.14 bits per heavy atom. The molecule has 0 amide bonds. The molecule has 0 bridgehead atoms. The number of hydrogen-bond acceptors (Lipinski definition) is 3. The smallest absolute Gasteiger partial charge is 0.387 e. The number of nitrogens with zero attached hydrogens (tertiary/aromatic N) is 2. The van der Waals surface area contributed by atoms with Crippen molar-refractivity contribution in [2.75, 3.05) is 5.32 Å². The van der Waals surface area contributed by atoms with Crippen molar-refractivity contribution in [1.29, 1.82) is 0 Å². The summed E-state index contributed by atoms with van der Waals surface area (Å²) in [5, 5.41) is 7.24. The first-order valence-corrected chi connectivity index (χ1v) is 6.53. The highest BCUT2D eigenvalue weighted by molar-refractivity contribution is 5.48. The van der Waals surface area contributed by atoms with E-state index in [2.05, 4.69) is 15.2 Å². The first-order valence-electron chi connectivity index (χ1n) is 6.53. The minimum absolute atomic E-state index is 0.0911. The first kappa shape index (κ1) is 15.2. The summed E-state index contributed by atoms with van der Waals surface area (Å²) in [5.41, 5.74) is 1.43. The van der Waals surface area contributed by atoms with Crippen LogP contribution < -0.4 is 10.1 Å². The third-order valence-electron chi connectivity index (χ3n) is 3.01. The van der Waals surface area contributed by atoms with Gasteiger partial charge in [-0.2, -0.15) is 13.9 Å². The SMILES string of the molecule is CCn1cc(C(C)Nc2ccc(OC(F)F)c(F)c2)cn1. The molecule has 0 aliphatic rings. The third-order valence-corrected chi connectivity index (χ3v) is 3.01. The molecular formula is C14H16F3N3O. The number of aryl methyl sites for hydroxylation is 1. The summed E-state index contributed by atoms with van der Waals surface area (Å²) in [6.07, 6.45) is 3.62. The van der Waals surface area contributed by atoms with Crippen molar-refractivity contribution in [3.8, 4) is 5.75 Å². The van der Waals surface area contributed by atoms with Crippen LogP contribution in [0.3, 0.4) is 0 Å². The summed E-state index contributed by atoms with van der Waals surface area (Å²) in [6.45, 7) is 1.60. The second-order valence-corrected chi connectivity index (χ2v) is 4.52. The zero-order valence-electron chi connectivity index (χ0n) is 11.7. The van der Waals surface area contributed by atoms with Crippen LogP contribution in [-0.4, -0.2) is 16.4 Å². The maximum absolute atomic E-state index is 13.6. The molecule has 0 aliphatic heterocycles. The zero-order valence-corrected chi connectivity index (χ0v) is 11.7. The molecule has 2 aromatic rings. The Kier molecular flexibility index (Phi) is 4.72. The summed E-state index contributed by atoms with van der Waals surface area (Å²) in [5.74, 6) is -1.31. The fraction of sp³-hybridized carbons (Fsp3) is 0.357. The number of rotatable bonds is 6. The van der Waals surface area contributed by atoms with Crippen molar-refractivity contribution in [3.05, 3.63) is 42.0 Å². The minimum Gasteiger partial charge on any atom is -0.432 e. The highest BCUT2D eigenvalue weighted by Crippen LogP contribution is 2.25. The topological polar surface area (TPSA) is 39.1 Å². The summed E-state index contributed by atoms with van der Waals surface area (Å²) >= 11 is 0. The van der Waals surface area contributed by atoms with Crippen molar-refractivity contribution in [3.63, 3.8) is 0 Å². The lowest BCUT2D eigenvalue weighted by Crippen LogP contribution is -2.07. The summed E-state index contributed by atoms with van der Waals surface area (Å²) in [4.78, 5) is 0. The molecule has 0 fully saturated rings. The Labute approximate surface area is 120 Å². The fourth-order valence-corrected chi connectivity index (χ4v) is 1.89. The van der Waals surface area contributed by atoms with E-state index in [1.54, 1.807) is 10.9 Å². The van der Waals surface area contributed by atoms with Gasteiger partial charge in [-0.1, -0.05) is 0 Å². The van der Waals surface area contributed by atoms with Crippen molar-refractivity contribution in [2.45, 2.75) is 33.0 Å². The lowest BCUT2D eigenvalue weighted by molar-refractivity contribution is -0.0521. The maximum Gasteiger partial charge on any atom is 0.387 e. The molecule has 1 unspecified atom stereocenters. The molecule has 1 N–H and O–H groups in total. The first-order chi connectivity index (χ1) is 9.99. The minimum atomic E-state index is -3.04. The van der Waals surface area contributed by atoms with Crippen molar-refractivity contribution in [1.82, 2.24) is 9.78 Å². The van der Waals surface area contributed by atoms with E-state index in [4.69, 9.17) is 0 Å². The number of hydrogen-bond donors (Lipinski definition) is 1. The van der Waals surface area contributed by atoms with Gasteiger partial charge in [0.1, 0.15) is 0 Å². The Morgan fingerprint density at radius 3 is 2.71 bits per heavy atom. The van der Waals surface area contributed by atoms with Gasteiger partial charge in [0.25, 0.3) is 0 Å². The molecule has 7 heteroatoms. The average molecular weight is 299 g/mol. The van der Waals surface area contributed by atoms with Gasteiger partial charge in [0.05, 0.1) is 12.2 Å². The number of halogens is 3. The van der Waals surface area contributed by atoms with Crippen LogP contribution in [0.5, 0.6) is 5.75 Å². The van der Waals surface area contributed by atoms with E-state index >= 15 is 0 Å². The predicted octanol–water partition coefficient (Wildman–Crippen LogP) is 3.82. The Morgan fingerprint density at radius 1 is 1.38 bits per heavy atom. The highest BCUT2D eigenvalue weighted by Gasteiger charge is 2.12. The summed E-state index contributed by atoms with van der Waals surface area (Å²) < 4.78 is 43.6. The molecular weight excluding hydrogens is 283 g/mol. The van der Waals surface area contributed by atoms with Crippen LogP contribution in [0.15, 0.2) is 30.6 Å². The number of benzene rings is 1. The number of anilines is 1. The molecule has 4 nitrogen and oxygen atoms in total. The molecule has 2 rings (SSSR count). The van der Waals surface area contributed by atoms with Crippen LogP contribution in [0, 0.1) is 5.82 Å². The largest absolute Gasteiger partial charge is 0.432 e. The molecule has 0 saturated heterocycles. The summed E-state index contributed by atoms with van der Waals surface area (Å²) in [7, 11) is 0. The molecule has 0 aliphatic carbocycles. The van der Waals surface area contributed by atoms with Gasteiger partial charge in [-0.15, -0.1) is 0 Å². The van der Waals surface area contributed by atoms with E-state index in [9.17, 15) is 13.2 Å². The van der Waals surface area contributed by atoms with Crippen LogP contribution in [0.4, 0.5) is 18.9 Å². The van der Waals surface area contributed by atoms with Gasteiger partial charge in [0.15, 0.2) is 11.6 Å². The second-order valence-electron chi connectivity index (χ2n) is 4.52. The molecule has 0 radical (unpaired) electrons. The Balaban J connectivity index is 2.07. The number of alkyl halides is 2. The van der Waals surface area contributed by atoms with Gasteiger partial charge >= 0.3 is 6.61 Å². The van der Waals surface area contributed by atoms with Crippen LogP contribution in [0.25, 0.3) is 0 Å². The van der Waals surface area contributed by atoms with E-state index in [1.807, 2.05) is 20.0 Å². The van der Waals surface area contributed by atoms with Crippen LogP contribution in [-0.2, 0) is 6.54 Å². The normalized spacial score (nSPS) is 12.5. The van der Waals surface area contributed by atoms with Crippen molar-refractivity contribution < 1.29 is 17.9 Å². The third kappa shape index (κ3) is 3.90. The van der Waals surface area contributed by atoms with Crippen molar-refractivity contribution >= 4 is 5.69 Å². The summed E-state index contributed by atoms with van der Waals surface area (Å²) in [6, 6.07) is 3.69. The van der Waals surface area contributed by atoms with E-state index < -0.39 is 18.2 Å². The van der Waals surface area contributed by atoms with E-state index in [1.165, 1.54) is 12.1 Å². The molecule has 21 heavy (non-hydrogen) atoms. The lowest BCUT2D eigenvalue weighted by Gasteiger charge is -2.14. The van der Waals surface area contributed by atoms with E-state index in [-0.39, 0.29) is 6.04 Å². The molecule has 1 aromatic heterocycles. The Bertz CT molecular complexity index is 601. The highest BCUT2D eigenvalue weighted by atomic mass is 19.3. The Hall–Kier alpha value is -2.18. The predicted molar refractivity (Wildman–Crippen MR) is 73.0 cm³/mol. The molecule has 114 valence electrons. The molecule has 1 aromatic carbocycles. The molecule has 0 saturated carbocycles. The second kappa shape index (κ2) is 6.51. The molecule has 0 spiro atoms. The number of ether oxygens (including phenoxy) is 1. The van der Waals surface area contributed by atoms with E-state index in [0.29, 0.717) is 5.69 Å². The van der Waals surface area contributed by atoms with Gasteiger partial charge in [-0.3, -0.25) is 4.68 Å². The quantitative estimate of drug-likeness (QED) is 0.881. The van der Waals surface area contributed by atoms with Gasteiger partial charge in [0, 0.05) is 30.1 Å². The van der Waals surface area contributed by atoms with Gasteiger partial charge in [-0.05, 0) is 26.0 Å². The van der Waals surface area contributed by atoms with E-state index in [0.717, 1.165) is 18.2 Å². The van der Waals surface area contributed by atoms with Crippen LogP contribution >= 0.6 is 0 Å². The molecule has 1 heterocycles. The number of nitrogens with one attached hydrogen (secondary N) is 1.